The van der Waals surface area contributed by atoms with Gasteiger partial charge in [0.05, 0.1) is 17.6 Å². The molecule has 0 aliphatic carbocycles. The van der Waals surface area contributed by atoms with Crippen molar-refractivity contribution in [3.63, 3.8) is 0 Å². The summed E-state index contributed by atoms with van der Waals surface area (Å²) < 4.78 is 31.8. The van der Waals surface area contributed by atoms with E-state index in [1.165, 1.54) is 31.4 Å². The summed E-state index contributed by atoms with van der Waals surface area (Å²) in [5, 5.41) is 3.31. The van der Waals surface area contributed by atoms with Crippen LogP contribution in [-0.4, -0.2) is 76.0 Å². The monoisotopic (exact) mass is 389 g/mol. The lowest BCUT2D eigenvalue weighted by molar-refractivity contribution is 0.0600. The molecular weight excluding hydrogens is 366 g/mol. The number of halogens is 1. The number of sulfonamides is 1. The Hall–Kier alpha value is -1.19. The zero-order valence-corrected chi connectivity index (χ0v) is 15.8. The Morgan fingerprint density at radius 3 is 2.40 bits per heavy atom. The minimum Gasteiger partial charge on any atom is -0.465 e. The molecule has 2 saturated heterocycles. The van der Waals surface area contributed by atoms with Gasteiger partial charge in [-0.05, 0) is 30.7 Å². The SMILES string of the molecule is COC(=O)c1ccc(S(=O)(=O)N2CCC(N3CCNCC3)C2)cc1.Cl. The van der Waals surface area contributed by atoms with Gasteiger partial charge in [0.1, 0.15) is 0 Å². The maximum atomic E-state index is 12.8. The lowest BCUT2D eigenvalue weighted by Crippen LogP contribution is -2.49. The summed E-state index contributed by atoms with van der Waals surface area (Å²) in [5.41, 5.74) is 0.344. The zero-order valence-electron chi connectivity index (χ0n) is 14.2. The van der Waals surface area contributed by atoms with E-state index < -0.39 is 16.0 Å². The van der Waals surface area contributed by atoms with Gasteiger partial charge in [-0.1, -0.05) is 0 Å². The van der Waals surface area contributed by atoms with E-state index in [1.54, 1.807) is 4.31 Å². The van der Waals surface area contributed by atoms with Crippen LogP contribution in [0.3, 0.4) is 0 Å². The van der Waals surface area contributed by atoms with Gasteiger partial charge < -0.3 is 10.1 Å². The largest absolute Gasteiger partial charge is 0.465 e. The summed E-state index contributed by atoms with van der Waals surface area (Å²) in [7, 11) is -2.22. The van der Waals surface area contributed by atoms with E-state index in [1.807, 2.05) is 0 Å². The second-order valence-electron chi connectivity index (χ2n) is 6.11. The van der Waals surface area contributed by atoms with Crippen LogP contribution in [0.2, 0.25) is 0 Å². The number of hydrogen-bond acceptors (Lipinski definition) is 6. The van der Waals surface area contributed by atoms with E-state index in [2.05, 4.69) is 15.0 Å². The van der Waals surface area contributed by atoms with Gasteiger partial charge >= 0.3 is 5.97 Å². The maximum absolute atomic E-state index is 12.8. The van der Waals surface area contributed by atoms with Crippen LogP contribution in [0, 0.1) is 0 Å². The van der Waals surface area contributed by atoms with E-state index >= 15 is 0 Å². The predicted molar refractivity (Wildman–Crippen MR) is 96.6 cm³/mol. The lowest BCUT2D eigenvalue weighted by atomic mass is 10.2. The summed E-state index contributed by atoms with van der Waals surface area (Å²) in [5.74, 6) is -0.473. The first-order chi connectivity index (χ1) is 11.5. The Labute approximate surface area is 154 Å². The van der Waals surface area contributed by atoms with Gasteiger partial charge in [0.25, 0.3) is 0 Å². The summed E-state index contributed by atoms with van der Waals surface area (Å²) in [4.78, 5) is 14.0. The van der Waals surface area contributed by atoms with Crippen molar-refractivity contribution in [2.45, 2.75) is 17.4 Å². The van der Waals surface area contributed by atoms with E-state index in [0.29, 0.717) is 18.7 Å². The van der Waals surface area contributed by atoms with Crippen molar-refractivity contribution in [1.29, 1.82) is 0 Å². The highest BCUT2D eigenvalue weighted by molar-refractivity contribution is 7.89. The quantitative estimate of drug-likeness (QED) is 0.758. The van der Waals surface area contributed by atoms with Crippen molar-refractivity contribution in [3.05, 3.63) is 29.8 Å². The van der Waals surface area contributed by atoms with Crippen LogP contribution < -0.4 is 5.32 Å². The molecule has 2 aliphatic rings. The van der Waals surface area contributed by atoms with Crippen molar-refractivity contribution in [1.82, 2.24) is 14.5 Å². The molecule has 2 fully saturated rings. The third-order valence-corrected chi connectivity index (χ3v) is 6.59. The number of piperazine rings is 1. The molecule has 1 unspecified atom stereocenters. The van der Waals surface area contributed by atoms with E-state index in [4.69, 9.17) is 0 Å². The highest BCUT2D eigenvalue weighted by Crippen LogP contribution is 2.24. The van der Waals surface area contributed by atoms with Crippen molar-refractivity contribution in [2.24, 2.45) is 0 Å². The number of benzene rings is 1. The van der Waals surface area contributed by atoms with Crippen LogP contribution in [0.15, 0.2) is 29.2 Å². The van der Waals surface area contributed by atoms with Crippen molar-refractivity contribution >= 4 is 28.4 Å². The van der Waals surface area contributed by atoms with Gasteiger partial charge in [-0.25, -0.2) is 13.2 Å². The van der Waals surface area contributed by atoms with Gasteiger partial charge in [-0.3, -0.25) is 4.90 Å². The number of nitrogens with zero attached hydrogens (tertiary/aromatic N) is 2. The van der Waals surface area contributed by atoms with Crippen molar-refractivity contribution < 1.29 is 17.9 Å². The number of carbonyl (C=O) groups excluding carboxylic acids is 1. The van der Waals surface area contributed by atoms with Crippen LogP contribution >= 0.6 is 12.4 Å². The smallest absolute Gasteiger partial charge is 0.337 e. The molecule has 1 aromatic carbocycles. The highest BCUT2D eigenvalue weighted by Gasteiger charge is 2.35. The Morgan fingerprint density at radius 1 is 1.16 bits per heavy atom. The Morgan fingerprint density at radius 2 is 1.80 bits per heavy atom. The van der Waals surface area contributed by atoms with Crippen molar-refractivity contribution in [2.75, 3.05) is 46.4 Å². The molecule has 2 aliphatic heterocycles. The van der Waals surface area contributed by atoms with Crippen LogP contribution in [0.4, 0.5) is 0 Å². The second-order valence-corrected chi connectivity index (χ2v) is 8.05. The molecule has 3 rings (SSSR count). The summed E-state index contributed by atoms with van der Waals surface area (Å²) >= 11 is 0. The molecule has 0 spiro atoms. The van der Waals surface area contributed by atoms with E-state index in [9.17, 15) is 13.2 Å². The number of ether oxygens (including phenoxy) is 1. The van der Waals surface area contributed by atoms with Crippen LogP contribution in [0.1, 0.15) is 16.8 Å². The number of hydrogen-bond donors (Lipinski definition) is 1. The number of esters is 1. The Kier molecular flexibility index (Phi) is 6.81. The molecule has 9 heteroatoms. The zero-order chi connectivity index (χ0) is 17.2. The summed E-state index contributed by atoms with van der Waals surface area (Å²) in [6.45, 7) is 4.91. The molecule has 0 bridgehead atoms. The molecule has 0 radical (unpaired) electrons. The maximum Gasteiger partial charge on any atom is 0.337 e. The van der Waals surface area contributed by atoms with E-state index in [-0.39, 0.29) is 23.3 Å². The molecule has 7 nitrogen and oxygen atoms in total. The third-order valence-electron chi connectivity index (χ3n) is 4.71. The second kappa shape index (κ2) is 8.46. The minimum atomic E-state index is -3.52. The number of methoxy groups -OCH3 is 1. The van der Waals surface area contributed by atoms with Crippen LogP contribution in [-0.2, 0) is 14.8 Å². The summed E-state index contributed by atoms with van der Waals surface area (Å²) in [6, 6.07) is 6.21. The fraction of sp³-hybridized carbons (Fsp3) is 0.562. The molecule has 1 N–H and O–H groups in total. The molecule has 0 saturated carbocycles. The normalized spacial score (nSPS) is 22.4. The molecule has 2 heterocycles. The van der Waals surface area contributed by atoms with Gasteiger partial charge in [0, 0.05) is 45.3 Å². The number of carbonyl (C=O) groups is 1. The van der Waals surface area contributed by atoms with Gasteiger partial charge in [-0.2, -0.15) is 4.31 Å². The van der Waals surface area contributed by atoms with Crippen LogP contribution in [0.25, 0.3) is 0 Å². The number of rotatable bonds is 4. The first-order valence-electron chi connectivity index (χ1n) is 8.15. The fourth-order valence-corrected chi connectivity index (χ4v) is 4.80. The average molecular weight is 390 g/mol. The molecule has 1 atom stereocenters. The highest BCUT2D eigenvalue weighted by atomic mass is 35.5. The number of nitrogens with one attached hydrogen (secondary N) is 1. The first kappa shape index (κ1) is 20.1. The fourth-order valence-electron chi connectivity index (χ4n) is 3.30. The first-order valence-corrected chi connectivity index (χ1v) is 9.59. The Bertz CT molecular complexity index is 690. The van der Waals surface area contributed by atoms with Gasteiger partial charge in [0.2, 0.25) is 10.0 Å². The third kappa shape index (κ3) is 4.32. The lowest BCUT2D eigenvalue weighted by Gasteiger charge is -2.32. The Balaban J connectivity index is 0.00000225. The van der Waals surface area contributed by atoms with Gasteiger partial charge in [-0.15, -0.1) is 12.4 Å². The van der Waals surface area contributed by atoms with Crippen LogP contribution in [0.5, 0.6) is 0 Å². The summed E-state index contributed by atoms with van der Waals surface area (Å²) in [6.07, 6.45) is 0.861. The molecule has 1 aromatic rings. The molecule has 0 aromatic heterocycles. The molecular formula is C16H24ClN3O4S. The molecule has 140 valence electrons. The topological polar surface area (TPSA) is 79.0 Å². The predicted octanol–water partition coefficient (Wildman–Crippen LogP) is 0.563. The van der Waals surface area contributed by atoms with E-state index in [0.717, 1.165) is 32.6 Å². The molecule has 25 heavy (non-hydrogen) atoms. The molecule has 0 amide bonds. The standard InChI is InChI=1S/C16H23N3O4S.ClH/c1-23-16(20)13-2-4-15(5-3-13)24(21,22)19-9-6-14(12-19)18-10-7-17-8-11-18;/h2-5,14,17H,6-12H2,1H3;1H. The minimum absolute atomic E-state index is 0. The van der Waals surface area contributed by atoms with Gasteiger partial charge in [0.15, 0.2) is 0 Å². The average Bonchev–Trinajstić information content (AvgIpc) is 3.13. The van der Waals surface area contributed by atoms with Crippen molar-refractivity contribution in [3.8, 4) is 0 Å².